The first-order chi connectivity index (χ1) is 5.16. The van der Waals surface area contributed by atoms with Crippen molar-refractivity contribution in [3.05, 3.63) is 0 Å². The molecule has 0 heterocycles. The second-order valence-corrected chi connectivity index (χ2v) is 2.83. The average Bonchev–Trinajstić information content (AvgIpc) is 1.86. The monoisotopic (exact) mass is 158 g/mol. The molecule has 3 nitrogen and oxygen atoms in total. The van der Waals surface area contributed by atoms with E-state index in [1.54, 1.807) is 0 Å². The fourth-order valence-corrected chi connectivity index (χ4v) is 0.974. The molecule has 0 aliphatic heterocycles. The van der Waals surface area contributed by atoms with Crippen LogP contribution in [-0.2, 0) is 0 Å². The van der Waals surface area contributed by atoms with Gasteiger partial charge in [0.2, 0.25) is 0 Å². The minimum absolute atomic E-state index is 0.0338. The fourth-order valence-electron chi connectivity index (χ4n) is 0.974. The fraction of sp³-hybridized carbons (Fsp3) is 0.875. The number of carbonyl (C=O) groups is 1. The van der Waals surface area contributed by atoms with Crippen LogP contribution in [-0.4, -0.2) is 12.1 Å². The quantitative estimate of drug-likeness (QED) is 0.604. The third-order valence-electron chi connectivity index (χ3n) is 1.60. The van der Waals surface area contributed by atoms with E-state index >= 15 is 0 Å². The smallest absolute Gasteiger partial charge is 0.134 e. The highest BCUT2D eigenvalue weighted by molar-refractivity contribution is 5.62. The second kappa shape index (κ2) is 6.01. The maximum atomic E-state index is 10.0. The number of hydrogen-bond acceptors (Lipinski definition) is 2. The Bertz CT molecular complexity index is 115. The summed E-state index contributed by atoms with van der Waals surface area (Å²) < 4.78 is 0. The Morgan fingerprint density at radius 3 is 2.64 bits per heavy atom. The zero-order valence-corrected chi connectivity index (χ0v) is 7.22. The molecule has 0 bridgehead atoms. The van der Waals surface area contributed by atoms with E-state index in [1.807, 2.05) is 6.92 Å². The molecule has 1 amide bonds. The molecule has 0 saturated carbocycles. The molecule has 11 heavy (non-hydrogen) atoms. The van der Waals surface area contributed by atoms with Gasteiger partial charge in [-0.15, -0.1) is 0 Å². The maximum absolute atomic E-state index is 10.0. The lowest BCUT2D eigenvalue weighted by atomic mass is 10.1. The van der Waals surface area contributed by atoms with Crippen LogP contribution in [0.25, 0.3) is 0 Å². The molecule has 66 valence electrons. The Morgan fingerprint density at radius 2 is 2.18 bits per heavy atom. The van der Waals surface area contributed by atoms with Crippen LogP contribution in [0.3, 0.4) is 0 Å². The van der Waals surface area contributed by atoms with Crippen molar-refractivity contribution in [2.45, 2.75) is 45.6 Å². The molecular weight excluding hydrogens is 142 g/mol. The predicted octanol–water partition coefficient (Wildman–Crippen LogP) is 0.888. The van der Waals surface area contributed by atoms with Gasteiger partial charge in [0, 0.05) is 6.04 Å². The first-order valence-electron chi connectivity index (χ1n) is 4.14. The van der Waals surface area contributed by atoms with Gasteiger partial charge < -0.3 is 15.2 Å². The largest absolute Gasteiger partial charge is 0.530 e. The molecule has 0 aliphatic carbocycles. The van der Waals surface area contributed by atoms with Gasteiger partial charge in [0.25, 0.3) is 0 Å². The van der Waals surface area contributed by atoms with Crippen molar-refractivity contribution in [1.29, 1.82) is 0 Å². The molecule has 0 radical (unpaired) electrons. The van der Waals surface area contributed by atoms with Gasteiger partial charge >= 0.3 is 0 Å². The van der Waals surface area contributed by atoms with E-state index in [4.69, 9.17) is 0 Å². The Morgan fingerprint density at radius 1 is 1.55 bits per heavy atom. The summed E-state index contributed by atoms with van der Waals surface area (Å²) in [5, 5.41) is 12.3. The van der Waals surface area contributed by atoms with E-state index in [2.05, 4.69) is 12.2 Å². The Labute approximate surface area is 67.8 Å². The normalized spacial score (nSPS) is 12.5. The van der Waals surface area contributed by atoms with Gasteiger partial charge in [0.05, 0.1) is 0 Å². The van der Waals surface area contributed by atoms with Crippen LogP contribution in [0, 0.1) is 0 Å². The summed E-state index contributed by atoms with van der Waals surface area (Å²) in [7, 11) is 0. The molecule has 1 unspecified atom stereocenters. The van der Waals surface area contributed by atoms with E-state index in [9.17, 15) is 9.90 Å². The lowest BCUT2D eigenvalue weighted by molar-refractivity contribution is -0.251. The Kier molecular flexibility index (Phi) is 5.61. The van der Waals surface area contributed by atoms with Crippen LogP contribution in [0.15, 0.2) is 0 Å². The summed E-state index contributed by atoms with van der Waals surface area (Å²) in [4.78, 5) is 10.0. The van der Waals surface area contributed by atoms with Crippen LogP contribution >= 0.6 is 0 Å². The summed E-state index contributed by atoms with van der Waals surface area (Å²) in [6.45, 7) is 3.97. The van der Waals surface area contributed by atoms with E-state index in [0.29, 0.717) is 0 Å². The molecule has 0 aromatic rings. The minimum atomic E-state index is -1.17. The number of hydrogen-bond donors (Lipinski definition) is 1. The van der Waals surface area contributed by atoms with Gasteiger partial charge in [-0.05, 0) is 13.3 Å². The molecule has 0 rings (SSSR count). The van der Waals surface area contributed by atoms with E-state index in [1.165, 1.54) is 6.42 Å². The minimum Gasteiger partial charge on any atom is -0.530 e. The van der Waals surface area contributed by atoms with Crippen molar-refractivity contribution in [3.63, 3.8) is 0 Å². The number of rotatable bonds is 5. The van der Waals surface area contributed by atoms with Gasteiger partial charge in [-0.3, -0.25) is 0 Å². The number of amides is 1. The molecule has 0 fully saturated rings. The van der Waals surface area contributed by atoms with Crippen LogP contribution in [0.5, 0.6) is 0 Å². The molecule has 0 aromatic carbocycles. The molecule has 3 heteroatoms. The summed E-state index contributed by atoms with van der Waals surface area (Å²) in [5.74, 6) is 0. The maximum Gasteiger partial charge on any atom is 0.134 e. The lowest BCUT2D eigenvalue weighted by Gasteiger charge is -2.14. The van der Waals surface area contributed by atoms with Crippen molar-refractivity contribution in [2.24, 2.45) is 0 Å². The SMILES string of the molecule is CCCCCC(C)NC(=O)[O-]. The van der Waals surface area contributed by atoms with Gasteiger partial charge in [-0.1, -0.05) is 26.2 Å². The highest BCUT2D eigenvalue weighted by Gasteiger charge is 1.98. The van der Waals surface area contributed by atoms with Gasteiger partial charge in [0.15, 0.2) is 0 Å². The Balaban J connectivity index is 3.22. The van der Waals surface area contributed by atoms with Gasteiger partial charge in [-0.25, -0.2) is 0 Å². The topological polar surface area (TPSA) is 52.2 Å². The predicted molar refractivity (Wildman–Crippen MR) is 42.1 cm³/mol. The molecule has 0 aliphatic rings. The zero-order chi connectivity index (χ0) is 8.69. The summed E-state index contributed by atoms with van der Waals surface area (Å²) in [5.41, 5.74) is 0. The van der Waals surface area contributed by atoms with Crippen molar-refractivity contribution >= 4 is 6.09 Å². The lowest BCUT2D eigenvalue weighted by Crippen LogP contribution is -2.41. The number of carboxylic acid groups (broad SMARTS) is 1. The molecular formula is C8H16NO2-. The molecule has 0 aromatic heterocycles. The Hall–Kier alpha value is -0.730. The number of nitrogens with one attached hydrogen (secondary N) is 1. The third-order valence-corrected chi connectivity index (χ3v) is 1.60. The van der Waals surface area contributed by atoms with Crippen molar-refractivity contribution in [2.75, 3.05) is 0 Å². The molecule has 1 atom stereocenters. The molecule has 0 saturated heterocycles. The summed E-state index contributed by atoms with van der Waals surface area (Å²) in [6, 6.07) is 0.0338. The van der Waals surface area contributed by atoms with Crippen LogP contribution < -0.4 is 10.4 Å². The van der Waals surface area contributed by atoms with Crippen LogP contribution in [0.2, 0.25) is 0 Å². The summed E-state index contributed by atoms with van der Waals surface area (Å²) >= 11 is 0. The van der Waals surface area contributed by atoms with Gasteiger partial charge in [0.1, 0.15) is 6.09 Å². The first kappa shape index (κ1) is 10.3. The van der Waals surface area contributed by atoms with Crippen molar-refractivity contribution in [3.8, 4) is 0 Å². The van der Waals surface area contributed by atoms with E-state index in [-0.39, 0.29) is 6.04 Å². The van der Waals surface area contributed by atoms with Crippen molar-refractivity contribution < 1.29 is 9.90 Å². The molecule has 0 spiro atoms. The highest BCUT2D eigenvalue weighted by atomic mass is 16.4. The standard InChI is InChI=1S/C8H17NO2/c1-3-4-5-6-7(2)9-8(10)11/h7,9H,3-6H2,1-2H3,(H,10,11)/p-1. The van der Waals surface area contributed by atoms with Crippen molar-refractivity contribution in [1.82, 2.24) is 5.32 Å². The highest BCUT2D eigenvalue weighted by Crippen LogP contribution is 2.01. The zero-order valence-electron chi connectivity index (χ0n) is 7.22. The molecule has 1 N–H and O–H groups in total. The number of carbonyl (C=O) groups excluding carboxylic acids is 1. The van der Waals surface area contributed by atoms with E-state index < -0.39 is 6.09 Å². The third kappa shape index (κ3) is 7.16. The summed E-state index contributed by atoms with van der Waals surface area (Å²) in [6.07, 6.45) is 3.14. The second-order valence-electron chi connectivity index (χ2n) is 2.83. The van der Waals surface area contributed by atoms with Crippen LogP contribution in [0.1, 0.15) is 39.5 Å². The van der Waals surface area contributed by atoms with E-state index in [0.717, 1.165) is 19.3 Å². The van der Waals surface area contributed by atoms with Crippen LogP contribution in [0.4, 0.5) is 4.79 Å². The number of unbranched alkanes of at least 4 members (excludes halogenated alkanes) is 2. The first-order valence-corrected chi connectivity index (χ1v) is 4.14. The average molecular weight is 158 g/mol. The van der Waals surface area contributed by atoms with Gasteiger partial charge in [-0.2, -0.15) is 0 Å².